The van der Waals surface area contributed by atoms with Crippen molar-refractivity contribution in [2.75, 3.05) is 13.1 Å². The zero-order valence-corrected chi connectivity index (χ0v) is 10.6. The number of nitrogens with two attached hydrogens (primary N) is 1. The Kier molecular flexibility index (Phi) is 6.38. The standard InChI is InChI=1S/C12H28N2/c1-6-12(4,5)9-14-8-11(13)7-10(2)3/h10-11,14H,6-9,13H2,1-5H3. The van der Waals surface area contributed by atoms with Crippen molar-refractivity contribution in [1.82, 2.24) is 5.32 Å². The van der Waals surface area contributed by atoms with E-state index in [2.05, 4.69) is 39.9 Å². The minimum atomic E-state index is 0.308. The second-order valence-electron chi connectivity index (χ2n) is 5.54. The lowest BCUT2D eigenvalue weighted by molar-refractivity contribution is 0.320. The smallest absolute Gasteiger partial charge is 0.0167 e. The van der Waals surface area contributed by atoms with E-state index < -0.39 is 0 Å². The summed E-state index contributed by atoms with van der Waals surface area (Å²) < 4.78 is 0. The molecule has 0 fully saturated rings. The molecular weight excluding hydrogens is 172 g/mol. The van der Waals surface area contributed by atoms with Crippen LogP contribution in [-0.2, 0) is 0 Å². The van der Waals surface area contributed by atoms with Crippen LogP contribution in [0.1, 0.15) is 47.5 Å². The van der Waals surface area contributed by atoms with Gasteiger partial charge in [0.05, 0.1) is 0 Å². The lowest BCUT2D eigenvalue weighted by atomic mass is 9.90. The molecule has 0 aliphatic carbocycles. The van der Waals surface area contributed by atoms with E-state index in [1.54, 1.807) is 0 Å². The maximum Gasteiger partial charge on any atom is 0.0167 e. The molecule has 0 saturated carbocycles. The van der Waals surface area contributed by atoms with Crippen molar-refractivity contribution < 1.29 is 0 Å². The van der Waals surface area contributed by atoms with Crippen molar-refractivity contribution in [1.29, 1.82) is 0 Å². The van der Waals surface area contributed by atoms with Gasteiger partial charge in [0.15, 0.2) is 0 Å². The normalized spacial score (nSPS) is 14.8. The van der Waals surface area contributed by atoms with Gasteiger partial charge in [0, 0.05) is 19.1 Å². The first-order valence-electron chi connectivity index (χ1n) is 5.83. The minimum Gasteiger partial charge on any atom is -0.327 e. The Balaban J connectivity index is 3.53. The SMILES string of the molecule is CCC(C)(C)CNCC(N)CC(C)C. The quantitative estimate of drug-likeness (QED) is 0.662. The van der Waals surface area contributed by atoms with Gasteiger partial charge in [0.1, 0.15) is 0 Å². The third kappa shape index (κ3) is 7.34. The molecule has 0 aromatic rings. The van der Waals surface area contributed by atoms with Crippen LogP contribution in [0.25, 0.3) is 0 Å². The molecule has 0 aromatic heterocycles. The fraction of sp³-hybridized carbons (Fsp3) is 1.00. The molecule has 2 nitrogen and oxygen atoms in total. The summed E-state index contributed by atoms with van der Waals surface area (Å²) in [5.41, 5.74) is 6.38. The summed E-state index contributed by atoms with van der Waals surface area (Å²) in [5, 5.41) is 3.46. The molecule has 0 aliphatic rings. The molecule has 86 valence electrons. The first kappa shape index (κ1) is 13.9. The van der Waals surface area contributed by atoms with Crippen LogP contribution in [0.15, 0.2) is 0 Å². The Morgan fingerprint density at radius 2 is 1.86 bits per heavy atom. The van der Waals surface area contributed by atoms with Crippen molar-refractivity contribution in [2.24, 2.45) is 17.1 Å². The van der Waals surface area contributed by atoms with E-state index in [4.69, 9.17) is 5.73 Å². The molecule has 0 spiro atoms. The third-order valence-corrected chi connectivity index (χ3v) is 2.74. The maximum atomic E-state index is 5.98. The number of hydrogen-bond donors (Lipinski definition) is 2. The highest BCUT2D eigenvalue weighted by Crippen LogP contribution is 2.17. The maximum absolute atomic E-state index is 5.98. The lowest BCUT2D eigenvalue weighted by Crippen LogP contribution is -2.39. The highest BCUT2D eigenvalue weighted by molar-refractivity contribution is 4.72. The first-order valence-corrected chi connectivity index (χ1v) is 5.83. The second-order valence-corrected chi connectivity index (χ2v) is 5.54. The Morgan fingerprint density at radius 1 is 1.29 bits per heavy atom. The molecule has 0 aliphatic heterocycles. The summed E-state index contributed by atoms with van der Waals surface area (Å²) in [4.78, 5) is 0. The highest BCUT2D eigenvalue weighted by atomic mass is 14.9. The second kappa shape index (κ2) is 6.41. The molecule has 3 N–H and O–H groups in total. The molecule has 1 atom stereocenters. The van der Waals surface area contributed by atoms with Gasteiger partial charge in [0.2, 0.25) is 0 Å². The van der Waals surface area contributed by atoms with E-state index in [1.807, 2.05) is 0 Å². The summed E-state index contributed by atoms with van der Waals surface area (Å²) >= 11 is 0. The molecule has 0 rings (SSSR count). The van der Waals surface area contributed by atoms with Gasteiger partial charge in [-0.1, -0.05) is 34.6 Å². The van der Waals surface area contributed by atoms with Crippen LogP contribution in [0.4, 0.5) is 0 Å². The monoisotopic (exact) mass is 200 g/mol. The van der Waals surface area contributed by atoms with Crippen molar-refractivity contribution in [3.8, 4) is 0 Å². The van der Waals surface area contributed by atoms with Crippen LogP contribution >= 0.6 is 0 Å². The fourth-order valence-electron chi connectivity index (χ4n) is 1.41. The molecule has 0 radical (unpaired) electrons. The number of nitrogens with one attached hydrogen (secondary N) is 1. The molecule has 0 amide bonds. The van der Waals surface area contributed by atoms with E-state index >= 15 is 0 Å². The van der Waals surface area contributed by atoms with Crippen LogP contribution in [-0.4, -0.2) is 19.1 Å². The minimum absolute atomic E-state index is 0.308. The molecular formula is C12H28N2. The van der Waals surface area contributed by atoms with Crippen molar-refractivity contribution in [3.05, 3.63) is 0 Å². The van der Waals surface area contributed by atoms with Crippen molar-refractivity contribution in [3.63, 3.8) is 0 Å². The van der Waals surface area contributed by atoms with Gasteiger partial charge in [-0.2, -0.15) is 0 Å². The molecule has 0 heterocycles. The van der Waals surface area contributed by atoms with Gasteiger partial charge in [0.25, 0.3) is 0 Å². The molecule has 0 saturated heterocycles. The Labute approximate surface area is 89.6 Å². The zero-order valence-electron chi connectivity index (χ0n) is 10.6. The van der Waals surface area contributed by atoms with Gasteiger partial charge in [-0.15, -0.1) is 0 Å². The molecule has 14 heavy (non-hydrogen) atoms. The molecule has 2 heteroatoms. The zero-order chi connectivity index (χ0) is 11.2. The van der Waals surface area contributed by atoms with Crippen molar-refractivity contribution >= 4 is 0 Å². The largest absolute Gasteiger partial charge is 0.327 e. The van der Waals surface area contributed by atoms with Gasteiger partial charge < -0.3 is 11.1 Å². The molecule has 0 bridgehead atoms. The van der Waals surface area contributed by atoms with Crippen molar-refractivity contribution in [2.45, 2.75) is 53.5 Å². The van der Waals surface area contributed by atoms with Crippen LogP contribution in [0.3, 0.4) is 0 Å². The number of rotatable bonds is 7. The van der Waals surface area contributed by atoms with E-state index in [0.717, 1.165) is 19.5 Å². The third-order valence-electron chi connectivity index (χ3n) is 2.74. The van der Waals surface area contributed by atoms with Crippen LogP contribution in [0.5, 0.6) is 0 Å². The van der Waals surface area contributed by atoms with Crippen LogP contribution in [0, 0.1) is 11.3 Å². The predicted molar refractivity (Wildman–Crippen MR) is 64.4 cm³/mol. The van der Waals surface area contributed by atoms with Gasteiger partial charge in [-0.3, -0.25) is 0 Å². The van der Waals surface area contributed by atoms with E-state index in [1.165, 1.54) is 6.42 Å². The summed E-state index contributed by atoms with van der Waals surface area (Å²) in [6, 6.07) is 0.308. The van der Waals surface area contributed by atoms with Gasteiger partial charge in [-0.25, -0.2) is 0 Å². The van der Waals surface area contributed by atoms with Crippen LogP contribution in [0.2, 0.25) is 0 Å². The summed E-state index contributed by atoms with van der Waals surface area (Å²) in [6.45, 7) is 13.3. The van der Waals surface area contributed by atoms with Gasteiger partial charge in [-0.05, 0) is 24.2 Å². The summed E-state index contributed by atoms with van der Waals surface area (Å²) in [5.74, 6) is 0.700. The average Bonchev–Trinajstić information content (AvgIpc) is 2.02. The molecule has 0 aromatic carbocycles. The summed E-state index contributed by atoms with van der Waals surface area (Å²) in [7, 11) is 0. The van der Waals surface area contributed by atoms with Crippen LogP contribution < -0.4 is 11.1 Å². The Hall–Kier alpha value is -0.0800. The first-order chi connectivity index (χ1) is 6.37. The van der Waals surface area contributed by atoms with Gasteiger partial charge >= 0.3 is 0 Å². The topological polar surface area (TPSA) is 38.0 Å². The Bertz CT molecular complexity index is 141. The average molecular weight is 200 g/mol. The van der Waals surface area contributed by atoms with E-state index in [9.17, 15) is 0 Å². The summed E-state index contributed by atoms with van der Waals surface area (Å²) in [6.07, 6.45) is 2.32. The van der Waals surface area contributed by atoms with E-state index in [0.29, 0.717) is 17.4 Å². The lowest BCUT2D eigenvalue weighted by Gasteiger charge is -2.24. The predicted octanol–water partition coefficient (Wildman–Crippen LogP) is 2.39. The van der Waals surface area contributed by atoms with E-state index in [-0.39, 0.29) is 0 Å². The highest BCUT2D eigenvalue weighted by Gasteiger charge is 2.14. The molecule has 1 unspecified atom stereocenters. The Morgan fingerprint density at radius 3 is 2.29 bits per heavy atom. The number of hydrogen-bond acceptors (Lipinski definition) is 2. The fourth-order valence-corrected chi connectivity index (χ4v) is 1.41.